The fourth-order valence-corrected chi connectivity index (χ4v) is 0. The van der Waals surface area contributed by atoms with Gasteiger partial charge in [-0.3, -0.25) is 0 Å². The Morgan fingerprint density at radius 2 is 0.545 bits per heavy atom. The molecule has 8 nitrogen and oxygen atoms in total. The Bertz CT molecular complexity index is 415. The van der Waals surface area contributed by atoms with Gasteiger partial charge in [-0.15, -0.1) is 25.7 Å². The van der Waals surface area contributed by atoms with Crippen molar-refractivity contribution in [2.75, 3.05) is 0 Å². The molecule has 0 saturated heterocycles. The summed E-state index contributed by atoms with van der Waals surface area (Å²) in [6, 6.07) is 0. The molecule has 0 atom stereocenters. The van der Waals surface area contributed by atoms with E-state index in [0.29, 0.717) is 0 Å². The average Bonchev–Trinajstić information content (AvgIpc) is 2.40. The van der Waals surface area contributed by atoms with Crippen LogP contribution in [0.3, 0.4) is 0 Å². The quantitative estimate of drug-likeness (QED) is 0.189. The summed E-state index contributed by atoms with van der Waals surface area (Å²) in [5.74, 6) is 2.35. The van der Waals surface area contributed by atoms with Gasteiger partial charge in [0.25, 0.3) is 0 Å². The molecule has 0 aromatic heterocycles. The number of aliphatic hydroxyl groups excluding tert-OH is 4. The minimum Gasteiger partial charge on any atom is -0.328 e. The molecule has 0 unspecified atom stereocenters. The van der Waals surface area contributed by atoms with Crippen molar-refractivity contribution in [1.82, 2.24) is 0 Å². The molecule has 0 amide bonds. The van der Waals surface area contributed by atoms with Crippen molar-refractivity contribution in [3.63, 3.8) is 0 Å². The second-order valence-corrected chi connectivity index (χ2v) is 1.87. The van der Waals surface area contributed by atoms with Gasteiger partial charge in [0.1, 0.15) is 0 Å². The van der Waals surface area contributed by atoms with E-state index in [2.05, 4.69) is 25.7 Å². The predicted octanol–water partition coefficient (Wildman–Crippen LogP) is -1.28. The molecule has 0 rings (SSSR count). The Kier molecular flexibility index (Phi) is 51.5. The molecule has 0 aliphatic heterocycles. The monoisotopic (exact) mass is 490 g/mol. The number of hydrogen-bond acceptors (Lipinski definition) is 0. The van der Waals surface area contributed by atoms with Crippen LogP contribution in [0.15, 0.2) is 0 Å². The van der Waals surface area contributed by atoms with Gasteiger partial charge in [-0.2, -0.15) is 0 Å². The van der Waals surface area contributed by atoms with Crippen molar-refractivity contribution < 1.29 is 78.6 Å². The van der Waals surface area contributed by atoms with Gasteiger partial charge in [-0.1, -0.05) is 0 Å². The van der Waals surface area contributed by atoms with Crippen LogP contribution in [-0.4, -0.2) is 63.5 Å². The van der Waals surface area contributed by atoms with Crippen molar-refractivity contribution in [3.05, 3.63) is 0 Å². The van der Waals surface area contributed by atoms with Crippen LogP contribution in [0.2, 0.25) is 0 Å². The molecular weight excluding hydrogens is 478 g/mol. The first-order valence-corrected chi connectivity index (χ1v) is 3.94. The normalized spacial score (nSPS) is 4.91. The molecule has 10 heteroatoms. The van der Waals surface area contributed by atoms with Gasteiger partial charge in [-0.05, 0) is 0 Å². The van der Waals surface area contributed by atoms with Crippen LogP contribution >= 0.6 is 0 Å². The van der Waals surface area contributed by atoms with Crippen LogP contribution in [0.4, 0.5) is 0 Å². The van der Waals surface area contributed by atoms with Gasteiger partial charge < -0.3 is 39.6 Å². The van der Waals surface area contributed by atoms with Crippen molar-refractivity contribution >= 4 is 23.9 Å². The van der Waals surface area contributed by atoms with Crippen molar-refractivity contribution in [3.8, 4) is 49.4 Å². The number of aliphatic carboxylic acids is 4. The first-order chi connectivity index (χ1) is 9.08. The Morgan fingerprint density at radius 1 is 0.500 bits per heavy atom. The maximum Gasteiger partial charge on any atom is 0.565 e. The van der Waals surface area contributed by atoms with Crippen LogP contribution in [0.1, 0.15) is 0 Å². The molecule has 2 radical (unpaired) electrons. The molecule has 122 valence electrons. The summed E-state index contributed by atoms with van der Waals surface area (Å²) in [5.41, 5.74) is 0. The van der Waals surface area contributed by atoms with Gasteiger partial charge >= 0.3 is 23.9 Å². The van der Waals surface area contributed by atoms with Crippen LogP contribution in [0.5, 0.6) is 0 Å². The molecular formula is C12H12O8Rh2+4. The van der Waals surface area contributed by atoms with E-state index in [-0.39, 0.29) is 39.0 Å². The van der Waals surface area contributed by atoms with Crippen LogP contribution < -0.4 is 0 Å². The maximum atomic E-state index is 7.60. The van der Waals surface area contributed by atoms with Gasteiger partial charge in [-0.25, -0.2) is 0 Å². The molecule has 0 fully saturated rings. The van der Waals surface area contributed by atoms with Crippen molar-refractivity contribution in [1.29, 1.82) is 0 Å². The summed E-state index contributed by atoms with van der Waals surface area (Å²) in [5, 5.41) is 30.4. The molecule has 0 aliphatic rings. The van der Waals surface area contributed by atoms with E-state index in [1.807, 2.05) is 0 Å². The Hall–Kier alpha value is -2.63. The summed E-state index contributed by atoms with van der Waals surface area (Å²) in [6.45, 7) is 0. The molecule has 22 heavy (non-hydrogen) atoms. The summed E-state index contributed by atoms with van der Waals surface area (Å²) in [7, 11) is 0. The summed E-state index contributed by atoms with van der Waals surface area (Å²) >= 11 is 0. The third-order valence-electron chi connectivity index (χ3n) is 0.516. The summed E-state index contributed by atoms with van der Waals surface area (Å²) < 4.78 is 0. The van der Waals surface area contributed by atoms with E-state index in [0.717, 1.165) is 0 Å². The van der Waals surface area contributed by atoms with Crippen LogP contribution in [0.25, 0.3) is 0 Å². The zero-order chi connectivity index (χ0) is 17.1. The molecule has 0 bridgehead atoms. The molecule has 0 aliphatic carbocycles. The number of terminal acetylenes is 4. The largest absolute Gasteiger partial charge is 0.565 e. The second kappa shape index (κ2) is 31.0. The SMILES string of the molecule is C#CC(O)=[OH+].C#CC(O)=[OH+].C#CC(O)=[OH+].C#CC(O)=[OH+].[Rh].[Rh]. The zero-order valence-corrected chi connectivity index (χ0v) is 13.8. The molecule has 0 saturated carbocycles. The van der Waals surface area contributed by atoms with E-state index in [4.69, 9.17) is 39.6 Å². The average molecular weight is 490 g/mol. The van der Waals surface area contributed by atoms with E-state index >= 15 is 0 Å². The number of carboxylic acid groups (broad SMARTS) is 4. The molecule has 0 heterocycles. The third kappa shape index (κ3) is 162. The first-order valence-electron chi connectivity index (χ1n) is 3.94. The molecule has 0 aromatic rings. The smallest absolute Gasteiger partial charge is 0.328 e. The fourth-order valence-electron chi connectivity index (χ4n) is 0. The van der Waals surface area contributed by atoms with E-state index in [1.54, 1.807) is 23.7 Å². The van der Waals surface area contributed by atoms with Gasteiger partial charge in [0.2, 0.25) is 0 Å². The molecule has 0 spiro atoms. The van der Waals surface area contributed by atoms with E-state index < -0.39 is 23.9 Å². The standard InChI is InChI=1S/4C3H2O2.2Rh/c4*1-2-3(4)5;;/h4*1H,(H,4,5);;/p+4. The van der Waals surface area contributed by atoms with Crippen LogP contribution in [-0.2, 0) is 39.0 Å². The number of carboxylic acids is 4. The van der Waals surface area contributed by atoms with E-state index in [9.17, 15) is 0 Å². The Balaban J connectivity index is -0.0000000376. The van der Waals surface area contributed by atoms with E-state index in [1.165, 1.54) is 0 Å². The zero-order valence-electron chi connectivity index (χ0n) is 10.6. The third-order valence-corrected chi connectivity index (χ3v) is 0.516. The van der Waals surface area contributed by atoms with Gasteiger partial charge in [0.05, 0.1) is 23.7 Å². The summed E-state index contributed by atoms with van der Waals surface area (Å²) in [6.07, 6.45) is 17.5. The maximum absolute atomic E-state index is 7.60. The van der Waals surface area contributed by atoms with Crippen LogP contribution in [0, 0.1) is 49.4 Å². The number of hydrogen-bond donors (Lipinski definition) is 4. The minimum absolute atomic E-state index is 0. The molecule has 0 aromatic carbocycles. The predicted molar refractivity (Wildman–Crippen MR) is 73.6 cm³/mol. The van der Waals surface area contributed by atoms with Gasteiger partial charge in [0, 0.05) is 39.0 Å². The summed E-state index contributed by atoms with van der Waals surface area (Å²) in [4.78, 5) is 30.4. The second-order valence-electron chi connectivity index (χ2n) is 1.87. The molecule has 8 N–H and O–H groups in total. The topological polar surface area (TPSA) is 167 Å². The first kappa shape index (κ1) is 36.6. The Morgan fingerprint density at radius 3 is 0.545 bits per heavy atom. The Labute approximate surface area is 151 Å². The van der Waals surface area contributed by atoms with Crippen molar-refractivity contribution in [2.24, 2.45) is 0 Å². The number of rotatable bonds is 0. The van der Waals surface area contributed by atoms with Gasteiger partial charge in [0.15, 0.2) is 0 Å². The fraction of sp³-hybridized carbons (Fsp3) is 0. The van der Waals surface area contributed by atoms with Crippen molar-refractivity contribution in [2.45, 2.75) is 0 Å². The minimum atomic E-state index is -0.968.